The smallest absolute Gasteiger partial charge is 0.231 e. The van der Waals surface area contributed by atoms with Gasteiger partial charge >= 0.3 is 0 Å². The van der Waals surface area contributed by atoms with Gasteiger partial charge in [-0.1, -0.05) is 28.1 Å². The summed E-state index contributed by atoms with van der Waals surface area (Å²) in [6.45, 7) is 4.01. The van der Waals surface area contributed by atoms with E-state index in [0.29, 0.717) is 17.1 Å². The van der Waals surface area contributed by atoms with Crippen LogP contribution >= 0.6 is 15.9 Å². The minimum absolute atomic E-state index is 0.0500. The summed E-state index contributed by atoms with van der Waals surface area (Å²) in [6, 6.07) is 11.6. The van der Waals surface area contributed by atoms with Crippen molar-refractivity contribution in [3.05, 3.63) is 68.9 Å². The van der Waals surface area contributed by atoms with Crippen molar-refractivity contribution in [2.24, 2.45) is 0 Å². The summed E-state index contributed by atoms with van der Waals surface area (Å²) < 4.78 is 6.70. The minimum Gasteiger partial charge on any atom is -0.452 e. The standard InChI is InChI=1S/C17H13BrO2/c1-10-7-14-15(8-11(10)2)20-16(17(14)19)9-12-3-5-13(18)6-4-12/h3-9H,1-2H3/b16-9-. The molecule has 100 valence electrons. The van der Waals surface area contributed by atoms with E-state index >= 15 is 0 Å². The number of hydrogen-bond donors (Lipinski definition) is 0. The lowest BCUT2D eigenvalue weighted by atomic mass is 10.0. The van der Waals surface area contributed by atoms with E-state index in [1.807, 2.05) is 50.2 Å². The predicted octanol–water partition coefficient (Wildman–Crippen LogP) is 4.68. The molecule has 2 aromatic rings. The van der Waals surface area contributed by atoms with Gasteiger partial charge < -0.3 is 4.74 Å². The molecule has 1 heterocycles. The van der Waals surface area contributed by atoms with Gasteiger partial charge in [-0.05, 0) is 60.9 Å². The van der Waals surface area contributed by atoms with Crippen molar-refractivity contribution in [1.29, 1.82) is 0 Å². The van der Waals surface area contributed by atoms with Crippen molar-refractivity contribution in [3.63, 3.8) is 0 Å². The molecule has 3 rings (SSSR count). The van der Waals surface area contributed by atoms with Crippen LogP contribution in [0.25, 0.3) is 6.08 Å². The Morgan fingerprint density at radius 3 is 2.40 bits per heavy atom. The van der Waals surface area contributed by atoms with Crippen molar-refractivity contribution in [1.82, 2.24) is 0 Å². The van der Waals surface area contributed by atoms with Crippen LogP contribution in [0.2, 0.25) is 0 Å². The SMILES string of the molecule is Cc1cc2c(cc1C)C(=O)/C(=C/c1ccc(Br)cc1)O2. The zero-order chi connectivity index (χ0) is 14.3. The van der Waals surface area contributed by atoms with E-state index in [4.69, 9.17) is 4.74 Å². The van der Waals surface area contributed by atoms with Crippen molar-refractivity contribution in [2.45, 2.75) is 13.8 Å². The molecule has 1 aliphatic heterocycles. The zero-order valence-corrected chi connectivity index (χ0v) is 12.8. The van der Waals surface area contributed by atoms with Crippen LogP contribution in [0.1, 0.15) is 27.0 Å². The summed E-state index contributed by atoms with van der Waals surface area (Å²) in [5.74, 6) is 0.986. The Labute approximate surface area is 126 Å². The van der Waals surface area contributed by atoms with Crippen molar-refractivity contribution >= 4 is 27.8 Å². The summed E-state index contributed by atoms with van der Waals surface area (Å²) in [6.07, 6.45) is 1.78. The van der Waals surface area contributed by atoms with Gasteiger partial charge in [0.1, 0.15) is 5.75 Å². The number of rotatable bonds is 1. The lowest BCUT2D eigenvalue weighted by molar-refractivity contribution is 0.101. The van der Waals surface area contributed by atoms with Crippen LogP contribution < -0.4 is 4.74 Å². The van der Waals surface area contributed by atoms with Gasteiger partial charge in [0, 0.05) is 4.47 Å². The quantitative estimate of drug-likeness (QED) is 0.710. The Balaban J connectivity index is 1.99. The first-order valence-corrected chi connectivity index (χ1v) is 7.15. The molecule has 3 heteroatoms. The number of Topliss-reactive ketones (excluding diaryl/α,β-unsaturated/α-hetero) is 1. The average Bonchev–Trinajstić information content (AvgIpc) is 2.70. The van der Waals surface area contributed by atoms with Crippen LogP contribution in [0.15, 0.2) is 46.6 Å². The van der Waals surface area contributed by atoms with Crippen LogP contribution in [0, 0.1) is 13.8 Å². The number of ether oxygens (including phenoxy) is 1. The number of hydrogen-bond acceptors (Lipinski definition) is 2. The second-order valence-electron chi connectivity index (χ2n) is 4.92. The second-order valence-corrected chi connectivity index (χ2v) is 5.84. The Morgan fingerprint density at radius 2 is 1.70 bits per heavy atom. The molecule has 0 bridgehead atoms. The van der Waals surface area contributed by atoms with Crippen LogP contribution in [0.4, 0.5) is 0 Å². The molecule has 0 saturated heterocycles. The number of carbonyl (C=O) groups is 1. The average molecular weight is 329 g/mol. The Bertz CT molecular complexity index is 727. The van der Waals surface area contributed by atoms with E-state index in [1.54, 1.807) is 6.08 Å². The third-order valence-electron chi connectivity index (χ3n) is 3.45. The number of ketones is 1. The molecule has 0 N–H and O–H groups in total. The summed E-state index contributed by atoms with van der Waals surface area (Å²) in [5.41, 5.74) is 3.82. The van der Waals surface area contributed by atoms with Crippen LogP contribution in [-0.4, -0.2) is 5.78 Å². The van der Waals surface area contributed by atoms with Crippen molar-refractivity contribution in [2.75, 3.05) is 0 Å². The highest BCUT2D eigenvalue weighted by atomic mass is 79.9. The van der Waals surface area contributed by atoms with Gasteiger partial charge in [0.2, 0.25) is 5.78 Å². The first-order chi connectivity index (χ1) is 9.54. The molecule has 0 atom stereocenters. The Hall–Kier alpha value is -1.87. The largest absolute Gasteiger partial charge is 0.452 e. The van der Waals surface area contributed by atoms with Gasteiger partial charge in [0.05, 0.1) is 5.56 Å². The maximum absolute atomic E-state index is 12.3. The fraction of sp³-hybridized carbons (Fsp3) is 0.118. The summed E-state index contributed by atoms with van der Waals surface area (Å²) in [5, 5.41) is 0. The second kappa shape index (κ2) is 4.91. The van der Waals surface area contributed by atoms with E-state index in [-0.39, 0.29) is 5.78 Å². The van der Waals surface area contributed by atoms with Crippen LogP contribution in [0.5, 0.6) is 5.75 Å². The molecule has 0 spiro atoms. The molecular formula is C17H13BrO2. The molecule has 2 aromatic carbocycles. The number of halogens is 1. The number of fused-ring (bicyclic) bond motifs is 1. The topological polar surface area (TPSA) is 26.3 Å². The third kappa shape index (κ3) is 2.29. The summed E-state index contributed by atoms with van der Waals surface area (Å²) in [4.78, 5) is 12.3. The van der Waals surface area contributed by atoms with Gasteiger partial charge in [0.15, 0.2) is 5.76 Å². The highest BCUT2D eigenvalue weighted by Gasteiger charge is 2.27. The fourth-order valence-electron chi connectivity index (χ4n) is 2.15. The molecule has 0 aromatic heterocycles. The highest BCUT2D eigenvalue weighted by molar-refractivity contribution is 9.10. The minimum atomic E-state index is -0.0500. The van der Waals surface area contributed by atoms with E-state index in [2.05, 4.69) is 15.9 Å². The first-order valence-electron chi connectivity index (χ1n) is 6.35. The number of aryl methyl sites for hydroxylation is 2. The fourth-order valence-corrected chi connectivity index (χ4v) is 2.42. The maximum Gasteiger partial charge on any atom is 0.231 e. The van der Waals surface area contributed by atoms with Gasteiger partial charge in [0.25, 0.3) is 0 Å². The number of allylic oxidation sites excluding steroid dienone is 1. The molecule has 0 amide bonds. The lowest BCUT2D eigenvalue weighted by Gasteiger charge is -2.02. The zero-order valence-electron chi connectivity index (χ0n) is 11.2. The molecule has 20 heavy (non-hydrogen) atoms. The normalized spacial score (nSPS) is 15.3. The van der Waals surface area contributed by atoms with Gasteiger partial charge in [-0.25, -0.2) is 0 Å². The van der Waals surface area contributed by atoms with Gasteiger partial charge in [-0.3, -0.25) is 4.79 Å². The van der Waals surface area contributed by atoms with Crippen LogP contribution in [-0.2, 0) is 0 Å². The molecule has 2 nitrogen and oxygen atoms in total. The number of benzene rings is 2. The summed E-state index contributed by atoms with van der Waals surface area (Å²) in [7, 11) is 0. The van der Waals surface area contributed by atoms with Gasteiger partial charge in [-0.15, -0.1) is 0 Å². The van der Waals surface area contributed by atoms with E-state index in [1.165, 1.54) is 0 Å². The first kappa shape index (κ1) is 13.1. The third-order valence-corrected chi connectivity index (χ3v) is 3.98. The number of carbonyl (C=O) groups excluding carboxylic acids is 1. The molecule has 1 aliphatic rings. The van der Waals surface area contributed by atoms with E-state index in [9.17, 15) is 4.79 Å². The van der Waals surface area contributed by atoms with Crippen LogP contribution in [0.3, 0.4) is 0 Å². The molecule has 0 saturated carbocycles. The molecule has 0 unspecified atom stereocenters. The molecule has 0 aliphatic carbocycles. The Kier molecular flexibility index (Phi) is 3.22. The summed E-state index contributed by atoms with van der Waals surface area (Å²) >= 11 is 3.39. The molecular weight excluding hydrogens is 316 g/mol. The highest BCUT2D eigenvalue weighted by Crippen LogP contribution is 2.34. The molecule has 0 radical (unpaired) electrons. The molecule has 0 fully saturated rings. The van der Waals surface area contributed by atoms with Crippen molar-refractivity contribution < 1.29 is 9.53 Å². The van der Waals surface area contributed by atoms with Crippen molar-refractivity contribution in [3.8, 4) is 5.75 Å². The monoisotopic (exact) mass is 328 g/mol. The maximum atomic E-state index is 12.3. The predicted molar refractivity (Wildman–Crippen MR) is 83.0 cm³/mol. The van der Waals surface area contributed by atoms with E-state index < -0.39 is 0 Å². The van der Waals surface area contributed by atoms with Gasteiger partial charge in [-0.2, -0.15) is 0 Å². The lowest BCUT2D eigenvalue weighted by Crippen LogP contribution is -1.98. The van der Waals surface area contributed by atoms with E-state index in [0.717, 1.165) is 21.2 Å². The Morgan fingerprint density at radius 1 is 1.05 bits per heavy atom.